The first-order valence-electron chi connectivity index (χ1n) is 9.93. The van der Waals surface area contributed by atoms with Gasteiger partial charge in [-0.2, -0.15) is 0 Å². The number of amides is 1. The normalized spacial score (nSPS) is 12.1. The number of carbonyl (C=O) groups excluding carboxylic acids is 2. The van der Waals surface area contributed by atoms with Gasteiger partial charge in [-0.25, -0.2) is 13.2 Å². The Balaban J connectivity index is 1.78. The number of carbonyl (C=O) groups is 2. The molecule has 33 heavy (non-hydrogen) atoms. The first-order valence-corrected chi connectivity index (χ1v) is 11.8. The van der Waals surface area contributed by atoms with Crippen molar-refractivity contribution < 1.29 is 27.3 Å². The van der Waals surface area contributed by atoms with Crippen molar-refractivity contribution in [3.63, 3.8) is 0 Å². The van der Waals surface area contributed by atoms with Gasteiger partial charge in [0.25, 0.3) is 15.9 Å². The smallest absolute Gasteiger partial charge is 0.340 e. The molecular formula is C22H22ClN3O6S. The van der Waals surface area contributed by atoms with E-state index in [1.165, 1.54) is 18.2 Å². The molecule has 3 aromatic rings. The molecule has 0 aliphatic carbocycles. The molecule has 0 saturated carbocycles. The molecule has 1 atom stereocenters. The number of benzene rings is 2. The predicted molar refractivity (Wildman–Crippen MR) is 123 cm³/mol. The van der Waals surface area contributed by atoms with Crippen LogP contribution in [0.15, 0.2) is 57.9 Å². The number of hydrogen-bond donors (Lipinski definition) is 2. The van der Waals surface area contributed by atoms with E-state index < -0.39 is 28.0 Å². The highest BCUT2D eigenvalue weighted by Gasteiger charge is 2.26. The zero-order valence-electron chi connectivity index (χ0n) is 18.1. The Morgan fingerprint density at radius 2 is 1.91 bits per heavy atom. The summed E-state index contributed by atoms with van der Waals surface area (Å²) in [6.45, 7) is 5.15. The fourth-order valence-electron chi connectivity index (χ4n) is 2.90. The number of nitrogens with one attached hydrogen (secondary N) is 2. The zero-order chi connectivity index (χ0) is 24.2. The van der Waals surface area contributed by atoms with Gasteiger partial charge in [-0.1, -0.05) is 35.8 Å². The number of halogens is 1. The summed E-state index contributed by atoms with van der Waals surface area (Å²) < 4.78 is 38.3. The van der Waals surface area contributed by atoms with Crippen LogP contribution in [-0.2, 0) is 19.6 Å². The molecule has 2 aromatic carbocycles. The van der Waals surface area contributed by atoms with Crippen molar-refractivity contribution >= 4 is 45.0 Å². The largest absolute Gasteiger partial charge is 0.449 e. The molecule has 9 nitrogen and oxygen atoms in total. The van der Waals surface area contributed by atoms with E-state index in [1.54, 1.807) is 32.0 Å². The van der Waals surface area contributed by atoms with Gasteiger partial charge >= 0.3 is 5.97 Å². The Morgan fingerprint density at radius 1 is 1.15 bits per heavy atom. The molecule has 11 heteroatoms. The molecule has 1 amide bonds. The number of anilines is 2. The lowest BCUT2D eigenvalue weighted by Gasteiger charge is -2.16. The van der Waals surface area contributed by atoms with Gasteiger partial charge in [-0.05, 0) is 56.2 Å². The summed E-state index contributed by atoms with van der Waals surface area (Å²) in [4.78, 5) is 25.0. The average molecular weight is 492 g/mol. The number of hydrogen-bond acceptors (Lipinski definition) is 7. The Bertz CT molecular complexity index is 1290. The quantitative estimate of drug-likeness (QED) is 0.449. The van der Waals surface area contributed by atoms with Crippen LogP contribution in [0.3, 0.4) is 0 Å². The number of ether oxygens (including phenoxy) is 1. The summed E-state index contributed by atoms with van der Waals surface area (Å²) in [5.74, 6) is -0.870. The van der Waals surface area contributed by atoms with E-state index in [1.807, 2.05) is 13.0 Å². The van der Waals surface area contributed by atoms with Gasteiger partial charge in [0, 0.05) is 11.8 Å². The highest BCUT2D eigenvalue weighted by atomic mass is 35.5. The third-order valence-corrected chi connectivity index (χ3v) is 6.24. The number of aryl methyl sites for hydroxylation is 2. The number of esters is 1. The molecule has 1 heterocycles. The minimum Gasteiger partial charge on any atom is -0.449 e. The van der Waals surface area contributed by atoms with Crippen LogP contribution in [-0.4, -0.2) is 31.6 Å². The molecular weight excluding hydrogens is 470 g/mol. The van der Waals surface area contributed by atoms with Gasteiger partial charge in [-0.15, -0.1) is 0 Å². The predicted octanol–water partition coefficient (Wildman–Crippen LogP) is 4.32. The molecule has 0 fully saturated rings. The summed E-state index contributed by atoms with van der Waals surface area (Å²) in [5, 5.41) is 6.14. The van der Waals surface area contributed by atoms with Gasteiger partial charge in [-0.3, -0.25) is 9.52 Å². The summed E-state index contributed by atoms with van der Waals surface area (Å²) in [6, 6.07) is 12.0. The van der Waals surface area contributed by atoms with Crippen LogP contribution in [0.2, 0.25) is 5.02 Å². The minimum absolute atomic E-state index is 0.0168. The maximum Gasteiger partial charge on any atom is 0.340 e. The standard InChI is InChI=1S/C22H22ClN3O6S/c1-4-19(21(27)24-20-11-14(3)32-25-20)31-22(28)17-12-16(8-9-18(17)23)33(29,30)26-15-7-5-6-13(2)10-15/h5-12,19,26H,4H2,1-3H3,(H,24,25,27). The molecule has 0 bridgehead atoms. The lowest BCUT2D eigenvalue weighted by Crippen LogP contribution is -2.32. The van der Waals surface area contributed by atoms with Gasteiger partial charge in [0.1, 0.15) is 5.76 Å². The topological polar surface area (TPSA) is 128 Å². The highest BCUT2D eigenvalue weighted by Crippen LogP contribution is 2.24. The molecule has 3 rings (SSSR count). The second kappa shape index (κ2) is 10.1. The minimum atomic E-state index is -4.01. The Morgan fingerprint density at radius 3 is 2.55 bits per heavy atom. The monoisotopic (exact) mass is 491 g/mol. The second-order valence-corrected chi connectivity index (χ2v) is 9.32. The molecule has 1 aromatic heterocycles. The van der Waals surface area contributed by atoms with E-state index in [0.29, 0.717) is 11.4 Å². The second-order valence-electron chi connectivity index (χ2n) is 7.23. The van der Waals surface area contributed by atoms with Crippen LogP contribution in [0, 0.1) is 13.8 Å². The fraction of sp³-hybridized carbons (Fsp3) is 0.227. The number of rotatable bonds is 8. The maximum absolute atomic E-state index is 12.8. The zero-order valence-corrected chi connectivity index (χ0v) is 19.7. The van der Waals surface area contributed by atoms with E-state index in [0.717, 1.165) is 11.6 Å². The van der Waals surface area contributed by atoms with Crippen LogP contribution >= 0.6 is 11.6 Å². The summed E-state index contributed by atoms with van der Waals surface area (Å²) in [5.41, 5.74) is 1.06. The van der Waals surface area contributed by atoms with Crippen LogP contribution in [0.5, 0.6) is 0 Å². The highest BCUT2D eigenvalue weighted by molar-refractivity contribution is 7.92. The van der Waals surface area contributed by atoms with Crippen molar-refractivity contribution in [2.24, 2.45) is 0 Å². The number of sulfonamides is 1. The summed E-state index contributed by atoms with van der Waals surface area (Å²) >= 11 is 6.12. The molecule has 0 aliphatic heterocycles. The lowest BCUT2D eigenvalue weighted by molar-refractivity contribution is -0.124. The van der Waals surface area contributed by atoms with Gasteiger partial charge in [0.2, 0.25) is 0 Å². The van der Waals surface area contributed by atoms with Crippen molar-refractivity contribution in [2.45, 2.75) is 38.2 Å². The molecule has 0 spiro atoms. The van der Waals surface area contributed by atoms with Crippen molar-refractivity contribution in [1.29, 1.82) is 0 Å². The molecule has 2 N–H and O–H groups in total. The molecule has 1 unspecified atom stereocenters. The molecule has 0 saturated heterocycles. The van der Waals surface area contributed by atoms with E-state index in [4.69, 9.17) is 20.9 Å². The Labute approximate surface area is 196 Å². The summed E-state index contributed by atoms with van der Waals surface area (Å²) in [7, 11) is -4.01. The maximum atomic E-state index is 12.8. The fourth-order valence-corrected chi connectivity index (χ4v) is 4.17. The SMILES string of the molecule is CCC(OC(=O)c1cc(S(=O)(=O)Nc2cccc(C)c2)ccc1Cl)C(=O)Nc1cc(C)on1. The summed E-state index contributed by atoms with van der Waals surface area (Å²) in [6.07, 6.45) is -0.991. The lowest BCUT2D eigenvalue weighted by atomic mass is 10.2. The van der Waals surface area contributed by atoms with Crippen molar-refractivity contribution in [2.75, 3.05) is 10.0 Å². The third kappa shape index (κ3) is 6.11. The molecule has 174 valence electrons. The molecule has 0 aliphatic rings. The van der Waals surface area contributed by atoms with Gasteiger partial charge in [0.15, 0.2) is 11.9 Å². The van der Waals surface area contributed by atoms with Gasteiger partial charge in [0.05, 0.1) is 15.5 Å². The average Bonchev–Trinajstić information content (AvgIpc) is 3.16. The number of aromatic nitrogens is 1. The Kier molecular flexibility index (Phi) is 7.39. The first-order chi connectivity index (χ1) is 15.6. The van der Waals surface area contributed by atoms with Crippen molar-refractivity contribution in [1.82, 2.24) is 5.16 Å². The Hall–Kier alpha value is -3.37. The third-order valence-electron chi connectivity index (χ3n) is 4.53. The van der Waals surface area contributed by atoms with E-state index in [2.05, 4.69) is 15.2 Å². The van der Waals surface area contributed by atoms with Crippen LogP contribution < -0.4 is 10.0 Å². The first kappa shape index (κ1) is 24.3. The van der Waals surface area contributed by atoms with Crippen LogP contribution in [0.1, 0.15) is 35.0 Å². The van der Waals surface area contributed by atoms with E-state index >= 15 is 0 Å². The van der Waals surface area contributed by atoms with Gasteiger partial charge < -0.3 is 14.6 Å². The van der Waals surface area contributed by atoms with Crippen molar-refractivity contribution in [3.05, 3.63) is 70.4 Å². The van der Waals surface area contributed by atoms with E-state index in [-0.39, 0.29) is 27.7 Å². The van der Waals surface area contributed by atoms with Crippen LogP contribution in [0.4, 0.5) is 11.5 Å². The van der Waals surface area contributed by atoms with Crippen molar-refractivity contribution in [3.8, 4) is 0 Å². The van der Waals surface area contributed by atoms with Crippen LogP contribution in [0.25, 0.3) is 0 Å². The molecule has 0 radical (unpaired) electrons. The van der Waals surface area contributed by atoms with E-state index in [9.17, 15) is 18.0 Å². The number of nitrogens with zero attached hydrogens (tertiary/aromatic N) is 1.